The molecular formula is C23H28BrN4P. The van der Waals surface area contributed by atoms with Crippen molar-refractivity contribution in [2.45, 2.75) is 13.8 Å². The van der Waals surface area contributed by atoms with Crippen LogP contribution < -0.4 is 43.9 Å². The van der Waals surface area contributed by atoms with Crippen LogP contribution in [0.2, 0.25) is 0 Å². The Hall–Kier alpha value is -2.49. The van der Waals surface area contributed by atoms with Gasteiger partial charge < -0.3 is 28.0 Å². The van der Waals surface area contributed by atoms with Crippen LogP contribution in [0.25, 0.3) is 0 Å². The number of nitrogens with one attached hydrogen (secondary N) is 2. The van der Waals surface area contributed by atoms with E-state index in [0.717, 1.165) is 0 Å². The number of nitrogens with zero attached hydrogens (tertiary/aromatic N) is 1. The summed E-state index contributed by atoms with van der Waals surface area (Å²) >= 11 is 0. The fraction of sp³-hybridized carbons (Fsp3) is 0.130. The van der Waals surface area contributed by atoms with Gasteiger partial charge in [-0.1, -0.05) is 54.6 Å². The molecule has 6 heteroatoms. The monoisotopic (exact) mass is 470 g/mol. The quantitative estimate of drug-likeness (QED) is 0.287. The normalized spacial score (nSPS) is 10.4. The van der Waals surface area contributed by atoms with Crippen molar-refractivity contribution < 1.29 is 17.0 Å². The topological polar surface area (TPSA) is 74.3 Å². The molecule has 29 heavy (non-hydrogen) atoms. The maximum absolute atomic E-state index is 6.93. The lowest BCUT2D eigenvalue weighted by molar-refractivity contribution is -0.00000628. The largest absolute Gasteiger partial charge is 1.00 e. The highest BCUT2D eigenvalue weighted by atomic mass is 79.9. The summed E-state index contributed by atoms with van der Waals surface area (Å²) in [6.45, 7) is 4.14. The van der Waals surface area contributed by atoms with Crippen molar-refractivity contribution in [2.24, 2.45) is 10.7 Å². The van der Waals surface area contributed by atoms with E-state index in [1.807, 2.05) is 6.92 Å². The summed E-state index contributed by atoms with van der Waals surface area (Å²) in [6, 6.07) is 32.5. The van der Waals surface area contributed by atoms with E-state index in [1.54, 1.807) is 6.92 Å². The van der Waals surface area contributed by atoms with Gasteiger partial charge in [-0.25, -0.2) is 0 Å². The number of guanidine groups is 1. The van der Waals surface area contributed by atoms with E-state index in [-0.39, 0.29) is 17.0 Å². The first-order valence-corrected chi connectivity index (χ1v) is 10.8. The summed E-state index contributed by atoms with van der Waals surface area (Å²) in [6.07, 6.45) is 0. The summed E-state index contributed by atoms with van der Waals surface area (Å²) < 4.78 is 0. The molecule has 0 unspecified atom stereocenters. The molecule has 0 fully saturated rings. The minimum atomic E-state index is -0.877. The first-order valence-electron chi connectivity index (χ1n) is 9.27. The molecule has 3 rings (SSSR count). The fourth-order valence-electron chi connectivity index (χ4n) is 2.72. The van der Waals surface area contributed by atoms with Crippen LogP contribution in [0.4, 0.5) is 0 Å². The predicted molar refractivity (Wildman–Crippen MR) is 125 cm³/mol. The third-order valence-electron chi connectivity index (χ3n) is 3.83. The number of rotatable bonds is 4. The Balaban J connectivity index is 0.000000362. The maximum atomic E-state index is 6.93. The van der Waals surface area contributed by atoms with Gasteiger partial charge in [0.25, 0.3) is 0 Å². The predicted octanol–water partition coefficient (Wildman–Crippen LogP) is 0.0889. The number of amidine groups is 1. The van der Waals surface area contributed by atoms with Crippen molar-refractivity contribution in [3.05, 3.63) is 91.0 Å². The summed E-state index contributed by atoms with van der Waals surface area (Å²) in [5.74, 6) is 0.620. The number of nitrogens with two attached hydrogens (primary N) is 1. The van der Waals surface area contributed by atoms with Gasteiger partial charge in [0.05, 0.1) is 13.8 Å². The standard InChI is InChI=1S/C18H15P.C5H12N4.BrH/c1-4-10-16(11-5-1)19(17-12-6-2-7-13-17)18-14-8-3-9-15-18;1-3-8-5(7)9-4(2)6;/h1-15H;3H2,1-2H3,(H4,6,7,8,9);1H. The Kier molecular flexibility index (Phi) is 11.6. The zero-order valence-corrected chi connectivity index (χ0v) is 19.4. The molecule has 3 aromatic carbocycles. The van der Waals surface area contributed by atoms with Gasteiger partial charge in [0.2, 0.25) is 0 Å². The molecule has 0 saturated carbocycles. The summed E-state index contributed by atoms with van der Waals surface area (Å²) in [5.41, 5.74) is 5.28. The minimum absolute atomic E-state index is 0. The molecule has 0 aromatic heterocycles. The van der Waals surface area contributed by atoms with E-state index >= 15 is 0 Å². The van der Waals surface area contributed by atoms with Gasteiger partial charge in [0, 0.05) is 6.54 Å². The van der Waals surface area contributed by atoms with E-state index in [2.05, 4.69) is 101 Å². The molecule has 152 valence electrons. The van der Waals surface area contributed by atoms with Crippen molar-refractivity contribution in [1.29, 1.82) is 5.41 Å². The Morgan fingerprint density at radius 2 is 1.17 bits per heavy atom. The molecule has 0 spiro atoms. The number of benzene rings is 3. The zero-order chi connectivity index (χ0) is 20.2. The van der Waals surface area contributed by atoms with Crippen LogP contribution in [0.15, 0.2) is 96.0 Å². The second-order valence-electron chi connectivity index (χ2n) is 6.08. The Morgan fingerprint density at radius 3 is 1.45 bits per heavy atom. The minimum Gasteiger partial charge on any atom is -1.00 e. The average molecular weight is 471 g/mol. The van der Waals surface area contributed by atoms with Gasteiger partial charge in [0.1, 0.15) is 15.9 Å². The Morgan fingerprint density at radius 1 is 0.828 bits per heavy atom. The van der Waals surface area contributed by atoms with Gasteiger partial charge in [-0.05, 0) is 50.2 Å². The van der Waals surface area contributed by atoms with E-state index in [0.29, 0.717) is 18.3 Å². The Labute approximate surface area is 185 Å². The lowest BCUT2D eigenvalue weighted by Gasteiger charge is -2.10. The molecule has 0 bridgehead atoms. The van der Waals surface area contributed by atoms with Gasteiger partial charge in [-0.3, -0.25) is 10.4 Å². The molecule has 0 aliphatic carbocycles. The van der Waals surface area contributed by atoms with E-state index in [4.69, 9.17) is 11.1 Å². The first kappa shape index (κ1) is 24.5. The molecule has 4 N–H and O–H groups in total. The van der Waals surface area contributed by atoms with Crippen LogP contribution in [-0.4, -0.2) is 18.3 Å². The number of aliphatic imine (C=N–C) groups is 1. The molecule has 0 amide bonds. The highest BCUT2D eigenvalue weighted by molar-refractivity contribution is 7.79. The zero-order valence-electron chi connectivity index (χ0n) is 16.8. The first-order chi connectivity index (χ1) is 13.6. The summed E-state index contributed by atoms with van der Waals surface area (Å²) in [4.78, 5) is 3.81. The molecule has 0 radical (unpaired) electrons. The maximum Gasteiger partial charge on any atom is 0.194 e. The van der Waals surface area contributed by atoms with Crippen LogP contribution in [-0.2, 0) is 0 Å². The number of hydrogen-bond acceptors (Lipinski definition) is 2. The third-order valence-corrected chi connectivity index (χ3v) is 6.56. The fourth-order valence-corrected chi connectivity index (χ4v) is 5.29. The SMILES string of the molecule is CCN=C(N)NC(C)=N.[Br-].c1ccc([PH+](c2ccccc2)c2ccccc2)cc1. The van der Waals surface area contributed by atoms with Crippen molar-refractivity contribution in [1.82, 2.24) is 5.32 Å². The summed E-state index contributed by atoms with van der Waals surface area (Å²) in [7, 11) is -0.877. The summed E-state index contributed by atoms with van der Waals surface area (Å²) in [5, 5.41) is 13.8. The third kappa shape index (κ3) is 8.59. The van der Waals surface area contributed by atoms with Crippen molar-refractivity contribution in [3.63, 3.8) is 0 Å². The van der Waals surface area contributed by atoms with E-state index in [1.165, 1.54) is 15.9 Å². The van der Waals surface area contributed by atoms with Crippen molar-refractivity contribution in [2.75, 3.05) is 6.54 Å². The number of hydrogen-bond donors (Lipinski definition) is 3. The van der Waals surface area contributed by atoms with Crippen LogP contribution in [0.3, 0.4) is 0 Å². The number of halogens is 1. The lowest BCUT2D eigenvalue weighted by atomic mass is 10.4. The van der Waals surface area contributed by atoms with E-state index < -0.39 is 7.92 Å². The molecular weight excluding hydrogens is 443 g/mol. The molecule has 0 aliphatic heterocycles. The van der Waals surface area contributed by atoms with Crippen molar-refractivity contribution >= 4 is 35.6 Å². The van der Waals surface area contributed by atoms with Crippen LogP contribution in [0.1, 0.15) is 13.8 Å². The lowest BCUT2D eigenvalue weighted by Crippen LogP contribution is -3.00. The highest BCUT2D eigenvalue weighted by Crippen LogP contribution is 2.32. The van der Waals surface area contributed by atoms with Gasteiger partial charge in [0.15, 0.2) is 5.96 Å². The van der Waals surface area contributed by atoms with E-state index in [9.17, 15) is 0 Å². The average Bonchev–Trinajstić information content (AvgIpc) is 2.71. The van der Waals surface area contributed by atoms with Crippen LogP contribution in [0, 0.1) is 5.41 Å². The molecule has 0 atom stereocenters. The smallest absolute Gasteiger partial charge is 0.194 e. The second-order valence-corrected chi connectivity index (χ2v) is 8.56. The molecule has 0 heterocycles. The highest BCUT2D eigenvalue weighted by Gasteiger charge is 2.24. The second kappa shape index (κ2) is 13.6. The van der Waals surface area contributed by atoms with Crippen molar-refractivity contribution in [3.8, 4) is 0 Å². The van der Waals surface area contributed by atoms with Gasteiger partial charge in [-0.2, -0.15) is 0 Å². The molecule has 4 nitrogen and oxygen atoms in total. The van der Waals surface area contributed by atoms with Crippen LogP contribution in [0.5, 0.6) is 0 Å². The molecule has 3 aromatic rings. The van der Waals surface area contributed by atoms with Gasteiger partial charge >= 0.3 is 0 Å². The van der Waals surface area contributed by atoms with Crippen LogP contribution >= 0.6 is 7.92 Å². The molecule has 0 aliphatic rings. The molecule has 0 saturated heterocycles. The van der Waals surface area contributed by atoms with Gasteiger partial charge in [-0.15, -0.1) is 0 Å². The Bertz CT molecular complexity index is 777.